The third kappa shape index (κ3) is 4.24. The Morgan fingerprint density at radius 1 is 1.19 bits per heavy atom. The maximum Gasteiger partial charge on any atom is 0.289 e. The van der Waals surface area contributed by atoms with Crippen LogP contribution in [0.5, 0.6) is 0 Å². The molecule has 0 saturated carbocycles. The van der Waals surface area contributed by atoms with E-state index in [0.29, 0.717) is 17.0 Å². The van der Waals surface area contributed by atoms with Crippen molar-refractivity contribution in [2.75, 3.05) is 0 Å². The fourth-order valence-corrected chi connectivity index (χ4v) is 2.41. The van der Waals surface area contributed by atoms with Crippen molar-refractivity contribution in [1.82, 2.24) is 15.6 Å². The van der Waals surface area contributed by atoms with Crippen LogP contribution >= 0.6 is 0 Å². The van der Waals surface area contributed by atoms with Crippen LogP contribution in [0.3, 0.4) is 0 Å². The summed E-state index contributed by atoms with van der Waals surface area (Å²) >= 11 is 0. The first-order valence-electron chi connectivity index (χ1n) is 8.16. The molecule has 2 aromatic carbocycles. The van der Waals surface area contributed by atoms with Gasteiger partial charge in [-0.05, 0) is 19.9 Å². The average molecular weight is 363 g/mol. The molecule has 27 heavy (non-hydrogen) atoms. The zero-order valence-electron chi connectivity index (χ0n) is 14.8. The Balaban J connectivity index is 1.72. The topological polar surface area (TPSA) is 113 Å². The van der Waals surface area contributed by atoms with E-state index in [-0.39, 0.29) is 11.4 Å². The lowest BCUT2D eigenvalue weighted by Gasteiger charge is -2.02. The van der Waals surface area contributed by atoms with Gasteiger partial charge >= 0.3 is 0 Å². The predicted molar refractivity (Wildman–Crippen MR) is 102 cm³/mol. The molecule has 0 spiro atoms. The second-order valence-corrected chi connectivity index (χ2v) is 5.98. The normalized spacial score (nSPS) is 11.3. The van der Waals surface area contributed by atoms with Crippen molar-refractivity contribution in [2.45, 2.75) is 13.8 Å². The number of nitrogens with one attached hydrogen (secondary N) is 2. The lowest BCUT2D eigenvalue weighted by atomic mass is 10.1. The van der Waals surface area contributed by atoms with Crippen LogP contribution in [0.1, 0.15) is 28.5 Å². The standard InChI is InChI=1S/C19H17N5O3/c1-12-6-8-14(9-7-12)17-11-18(22-21-17)19(25)23-20-13(2)15-4-3-5-16(10-15)24(26)27/h3-11H,1-2H3,(H,21,22)(H,23,25)/b20-13+. The summed E-state index contributed by atoms with van der Waals surface area (Å²) in [5.74, 6) is -0.453. The van der Waals surface area contributed by atoms with Crippen LogP contribution in [0.25, 0.3) is 11.3 Å². The summed E-state index contributed by atoms with van der Waals surface area (Å²) in [4.78, 5) is 22.6. The lowest BCUT2D eigenvalue weighted by molar-refractivity contribution is -0.384. The van der Waals surface area contributed by atoms with Crippen molar-refractivity contribution in [2.24, 2.45) is 5.10 Å². The van der Waals surface area contributed by atoms with E-state index < -0.39 is 10.8 Å². The number of carbonyl (C=O) groups excluding carboxylic acids is 1. The summed E-state index contributed by atoms with van der Waals surface area (Å²) in [5, 5.41) is 21.7. The van der Waals surface area contributed by atoms with Crippen LogP contribution in [-0.2, 0) is 0 Å². The number of nitro benzene ring substituents is 1. The highest BCUT2D eigenvalue weighted by atomic mass is 16.6. The van der Waals surface area contributed by atoms with Gasteiger partial charge in [0, 0.05) is 23.3 Å². The third-order valence-electron chi connectivity index (χ3n) is 3.97. The molecule has 8 nitrogen and oxygen atoms in total. The van der Waals surface area contributed by atoms with Gasteiger partial charge in [-0.2, -0.15) is 10.2 Å². The Bertz CT molecular complexity index is 1020. The van der Waals surface area contributed by atoms with Gasteiger partial charge in [0.1, 0.15) is 5.69 Å². The minimum absolute atomic E-state index is 0.0373. The number of hydrogen-bond acceptors (Lipinski definition) is 5. The van der Waals surface area contributed by atoms with E-state index in [2.05, 4.69) is 20.7 Å². The molecule has 0 radical (unpaired) electrons. The number of nitrogens with zero attached hydrogens (tertiary/aromatic N) is 3. The molecular weight excluding hydrogens is 346 g/mol. The highest BCUT2D eigenvalue weighted by Crippen LogP contribution is 2.18. The number of non-ortho nitro benzene ring substituents is 1. The lowest BCUT2D eigenvalue weighted by Crippen LogP contribution is -2.19. The van der Waals surface area contributed by atoms with Crippen molar-refractivity contribution in [3.05, 3.63) is 81.5 Å². The van der Waals surface area contributed by atoms with Gasteiger partial charge < -0.3 is 0 Å². The van der Waals surface area contributed by atoms with Crippen LogP contribution in [0, 0.1) is 17.0 Å². The molecule has 0 atom stereocenters. The molecular formula is C19H17N5O3. The van der Waals surface area contributed by atoms with Gasteiger partial charge in [-0.25, -0.2) is 5.43 Å². The van der Waals surface area contributed by atoms with Crippen molar-refractivity contribution in [3.63, 3.8) is 0 Å². The third-order valence-corrected chi connectivity index (χ3v) is 3.97. The first-order valence-corrected chi connectivity index (χ1v) is 8.16. The molecule has 3 aromatic rings. The van der Waals surface area contributed by atoms with E-state index in [1.54, 1.807) is 25.1 Å². The summed E-state index contributed by atoms with van der Waals surface area (Å²) < 4.78 is 0. The molecule has 1 amide bonds. The molecule has 136 valence electrons. The Labute approximate surface area is 155 Å². The number of aromatic amines is 1. The number of aryl methyl sites for hydroxylation is 1. The molecule has 8 heteroatoms. The Hall–Kier alpha value is -3.81. The molecule has 0 saturated heterocycles. The summed E-state index contributed by atoms with van der Waals surface area (Å²) in [7, 11) is 0. The number of aromatic nitrogens is 2. The van der Waals surface area contributed by atoms with Crippen LogP contribution in [-0.4, -0.2) is 26.7 Å². The molecule has 1 aromatic heterocycles. The zero-order chi connectivity index (χ0) is 19.4. The van der Waals surface area contributed by atoms with Crippen LogP contribution < -0.4 is 5.43 Å². The first kappa shape index (κ1) is 18.0. The molecule has 2 N–H and O–H groups in total. The number of nitro groups is 1. The van der Waals surface area contributed by atoms with E-state index in [4.69, 9.17) is 0 Å². The van der Waals surface area contributed by atoms with E-state index in [9.17, 15) is 14.9 Å². The Morgan fingerprint density at radius 3 is 2.63 bits per heavy atom. The summed E-state index contributed by atoms with van der Waals surface area (Å²) in [6.45, 7) is 3.65. The van der Waals surface area contributed by atoms with Crippen molar-refractivity contribution >= 4 is 17.3 Å². The number of hydrazone groups is 1. The van der Waals surface area contributed by atoms with Gasteiger partial charge in [0.05, 0.1) is 16.3 Å². The smallest absolute Gasteiger partial charge is 0.272 e. The van der Waals surface area contributed by atoms with Crippen molar-refractivity contribution in [3.8, 4) is 11.3 Å². The van der Waals surface area contributed by atoms with Gasteiger partial charge in [-0.15, -0.1) is 0 Å². The molecule has 0 fully saturated rings. The number of rotatable bonds is 5. The Morgan fingerprint density at radius 2 is 1.93 bits per heavy atom. The second-order valence-electron chi connectivity index (χ2n) is 5.98. The van der Waals surface area contributed by atoms with E-state index in [0.717, 1.165) is 11.1 Å². The second kappa shape index (κ2) is 7.61. The monoisotopic (exact) mass is 363 g/mol. The quantitative estimate of drug-likeness (QED) is 0.410. The van der Waals surface area contributed by atoms with Crippen molar-refractivity contribution < 1.29 is 9.72 Å². The molecule has 0 aliphatic carbocycles. The number of benzene rings is 2. The molecule has 3 rings (SSSR count). The van der Waals surface area contributed by atoms with Crippen LogP contribution in [0.15, 0.2) is 59.7 Å². The molecule has 1 heterocycles. The Kier molecular flexibility index (Phi) is 5.07. The fraction of sp³-hybridized carbons (Fsp3) is 0.105. The van der Waals surface area contributed by atoms with E-state index >= 15 is 0 Å². The highest BCUT2D eigenvalue weighted by molar-refractivity contribution is 6.01. The van der Waals surface area contributed by atoms with Crippen LogP contribution in [0.2, 0.25) is 0 Å². The minimum atomic E-state index is -0.480. The summed E-state index contributed by atoms with van der Waals surface area (Å²) in [5.41, 5.74) is 6.34. The van der Waals surface area contributed by atoms with Gasteiger partial charge in [-0.3, -0.25) is 20.0 Å². The molecule has 0 bridgehead atoms. The van der Waals surface area contributed by atoms with Gasteiger partial charge in [-0.1, -0.05) is 42.0 Å². The molecule has 0 aliphatic heterocycles. The predicted octanol–water partition coefficient (Wildman–Crippen LogP) is 3.45. The largest absolute Gasteiger partial charge is 0.289 e. The average Bonchev–Trinajstić information content (AvgIpc) is 3.16. The van der Waals surface area contributed by atoms with Gasteiger partial charge in [0.15, 0.2) is 0 Å². The highest BCUT2D eigenvalue weighted by Gasteiger charge is 2.12. The number of carbonyl (C=O) groups is 1. The summed E-state index contributed by atoms with van der Waals surface area (Å²) in [6.07, 6.45) is 0. The zero-order valence-corrected chi connectivity index (χ0v) is 14.8. The minimum Gasteiger partial charge on any atom is -0.272 e. The van der Waals surface area contributed by atoms with Crippen LogP contribution in [0.4, 0.5) is 5.69 Å². The fourth-order valence-electron chi connectivity index (χ4n) is 2.41. The first-order chi connectivity index (χ1) is 12.9. The number of H-pyrrole nitrogens is 1. The summed E-state index contributed by atoms with van der Waals surface area (Å²) in [6, 6.07) is 15.5. The van der Waals surface area contributed by atoms with E-state index in [1.807, 2.05) is 31.2 Å². The van der Waals surface area contributed by atoms with Crippen molar-refractivity contribution in [1.29, 1.82) is 0 Å². The molecule has 0 unspecified atom stereocenters. The maximum absolute atomic E-state index is 12.3. The van der Waals surface area contributed by atoms with E-state index in [1.165, 1.54) is 12.1 Å². The van der Waals surface area contributed by atoms with Gasteiger partial charge in [0.2, 0.25) is 0 Å². The SMILES string of the molecule is C/C(=N\NC(=O)c1cc(-c2ccc(C)cc2)n[nH]1)c1cccc([N+](=O)[O-])c1. The number of amides is 1. The number of hydrogen-bond donors (Lipinski definition) is 2. The van der Waals surface area contributed by atoms with Gasteiger partial charge in [0.25, 0.3) is 11.6 Å². The molecule has 0 aliphatic rings. The maximum atomic E-state index is 12.3.